The van der Waals surface area contributed by atoms with E-state index in [0.29, 0.717) is 37.5 Å². The van der Waals surface area contributed by atoms with Gasteiger partial charge in [-0.05, 0) is 43.9 Å². The molecule has 0 aromatic heterocycles. The molecule has 0 spiro atoms. The summed E-state index contributed by atoms with van der Waals surface area (Å²) in [5.74, 6) is -0.192. The first-order valence-corrected chi connectivity index (χ1v) is 8.35. The molecule has 1 aromatic rings. The highest BCUT2D eigenvalue weighted by Gasteiger charge is 2.30. The Morgan fingerprint density at radius 1 is 1.25 bits per heavy atom. The molecule has 0 heterocycles. The van der Waals surface area contributed by atoms with E-state index in [2.05, 4.69) is 5.32 Å². The summed E-state index contributed by atoms with van der Waals surface area (Å²) in [5.41, 5.74) is 0.915. The van der Waals surface area contributed by atoms with Crippen molar-refractivity contribution < 1.29 is 24.2 Å². The van der Waals surface area contributed by atoms with Crippen LogP contribution in [0, 0.1) is 11.8 Å². The van der Waals surface area contributed by atoms with Gasteiger partial charge in [-0.25, -0.2) is 0 Å². The van der Waals surface area contributed by atoms with Gasteiger partial charge in [0, 0.05) is 12.5 Å². The van der Waals surface area contributed by atoms with Crippen LogP contribution in [0.3, 0.4) is 0 Å². The number of aliphatic carboxylic acids is 1. The quantitative estimate of drug-likeness (QED) is 0.800. The van der Waals surface area contributed by atoms with Crippen LogP contribution in [0.5, 0.6) is 11.5 Å². The minimum absolute atomic E-state index is 0.0743. The van der Waals surface area contributed by atoms with Crippen LogP contribution in [-0.4, -0.2) is 30.7 Å². The van der Waals surface area contributed by atoms with E-state index in [0.717, 1.165) is 18.4 Å². The van der Waals surface area contributed by atoms with Gasteiger partial charge in [-0.3, -0.25) is 9.59 Å². The van der Waals surface area contributed by atoms with Gasteiger partial charge in [0.1, 0.15) is 0 Å². The highest BCUT2D eigenvalue weighted by Crippen LogP contribution is 2.30. The summed E-state index contributed by atoms with van der Waals surface area (Å²) in [6, 6.07) is 5.54. The Hall–Kier alpha value is -2.24. The number of hydrogen-bond donors (Lipinski definition) is 2. The second kappa shape index (κ2) is 8.57. The lowest BCUT2D eigenvalue weighted by atomic mass is 9.81. The lowest BCUT2D eigenvalue weighted by Gasteiger charge is -2.25. The van der Waals surface area contributed by atoms with Gasteiger partial charge in [0.25, 0.3) is 0 Å². The number of carboxylic acids is 1. The van der Waals surface area contributed by atoms with Crippen molar-refractivity contribution in [1.29, 1.82) is 0 Å². The zero-order valence-electron chi connectivity index (χ0n) is 14.2. The number of amides is 1. The minimum Gasteiger partial charge on any atom is -0.493 e. The van der Waals surface area contributed by atoms with E-state index in [-0.39, 0.29) is 11.8 Å². The molecule has 6 heteroatoms. The van der Waals surface area contributed by atoms with Crippen molar-refractivity contribution in [2.24, 2.45) is 11.8 Å². The molecular formula is C18H25NO5. The van der Waals surface area contributed by atoms with E-state index < -0.39 is 11.9 Å². The van der Waals surface area contributed by atoms with Crippen molar-refractivity contribution >= 4 is 11.9 Å². The third-order valence-corrected chi connectivity index (χ3v) is 4.39. The largest absolute Gasteiger partial charge is 0.493 e. The highest BCUT2D eigenvalue weighted by atomic mass is 16.5. The molecule has 1 aliphatic rings. The molecule has 0 bridgehead atoms. The topological polar surface area (TPSA) is 84.9 Å². The smallest absolute Gasteiger partial charge is 0.306 e. The number of ether oxygens (including phenoxy) is 2. The monoisotopic (exact) mass is 335 g/mol. The van der Waals surface area contributed by atoms with Gasteiger partial charge < -0.3 is 19.9 Å². The average Bonchev–Trinajstić information content (AvgIpc) is 2.60. The van der Waals surface area contributed by atoms with Gasteiger partial charge in [-0.2, -0.15) is 0 Å². The first kappa shape index (κ1) is 18.1. The Balaban J connectivity index is 1.93. The van der Waals surface area contributed by atoms with E-state index in [1.165, 1.54) is 0 Å². The second-order valence-corrected chi connectivity index (χ2v) is 6.03. The first-order valence-electron chi connectivity index (χ1n) is 8.35. The Kier molecular flexibility index (Phi) is 6.46. The second-order valence-electron chi connectivity index (χ2n) is 6.03. The Labute approximate surface area is 142 Å². The van der Waals surface area contributed by atoms with Gasteiger partial charge in [-0.1, -0.05) is 12.5 Å². The third kappa shape index (κ3) is 4.63. The predicted octanol–water partition coefficient (Wildman–Crippen LogP) is 2.60. The van der Waals surface area contributed by atoms with Crippen LogP contribution in [0.4, 0.5) is 0 Å². The van der Waals surface area contributed by atoms with Gasteiger partial charge in [0.2, 0.25) is 5.91 Å². The van der Waals surface area contributed by atoms with Gasteiger partial charge in [0.15, 0.2) is 11.5 Å². The lowest BCUT2D eigenvalue weighted by molar-refractivity contribution is -0.144. The zero-order valence-corrected chi connectivity index (χ0v) is 14.2. The third-order valence-electron chi connectivity index (χ3n) is 4.39. The van der Waals surface area contributed by atoms with Crippen LogP contribution < -0.4 is 14.8 Å². The summed E-state index contributed by atoms with van der Waals surface area (Å²) < 4.78 is 10.8. The maximum absolute atomic E-state index is 12.3. The molecule has 1 saturated carbocycles. The number of benzene rings is 1. The van der Waals surface area contributed by atoms with Crippen molar-refractivity contribution in [2.45, 2.75) is 39.2 Å². The van der Waals surface area contributed by atoms with Crippen molar-refractivity contribution in [3.8, 4) is 11.5 Å². The van der Waals surface area contributed by atoms with Crippen LogP contribution in [0.1, 0.15) is 38.2 Å². The summed E-state index contributed by atoms with van der Waals surface area (Å²) in [5, 5.41) is 12.0. The SMILES string of the molecule is CCOc1cc(CNC(=O)C2CCCC(C(=O)O)C2)ccc1OC. The molecule has 0 saturated heterocycles. The zero-order chi connectivity index (χ0) is 17.5. The molecular weight excluding hydrogens is 310 g/mol. The highest BCUT2D eigenvalue weighted by molar-refractivity contribution is 5.80. The molecule has 24 heavy (non-hydrogen) atoms. The van der Waals surface area contributed by atoms with Crippen LogP contribution in [-0.2, 0) is 16.1 Å². The minimum atomic E-state index is -0.802. The summed E-state index contributed by atoms with van der Waals surface area (Å²) in [7, 11) is 1.58. The molecule has 1 amide bonds. The number of carbonyl (C=O) groups excluding carboxylic acids is 1. The number of methoxy groups -OCH3 is 1. The van der Waals surface area contributed by atoms with E-state index in [1.54, 1.807) is 7.11 Å². The number of carboxylic acid groups (broad SMARTS) is 1. The first-order chi connectivity index (χ1) is 11.5. The summed E-state index contributed by atoms with van der Waals surface area (Å²) in [6.07, 6.45) is 2.62. The Morgan fingerprint density at radius 2 is 2.00 bits per heavy atom. The van der Waals surface area contributed by atoms with Crippen LogP contribution in [0.2, 0.25) is 0 Å². The summed E-state index contributed by atoms with van der Waals surface area (Å²) >= 11 is 0. The van der Waals surface area contributed by atoms with Gasteiger partial charge >= 0.3 is 5.97 Å². The van der Waals surface area contributed by atoms with Crippen molar-refractivity contribution in [3.63, 3.8) is 0 Å². The Bertz CT molecular complexity index is 587. The number of nitrogens with one attached hydrogen (secondary N) is 1. The molecule has 2 atom stereocenters. The fraction of sp³-hybridized carbons (Fsp3) is 0.556. The lowest BCUT2D eigenvalue weighted by Crippen LogP contribution is -2.35. The predicted molar refractivity (Wildman–Crippen MR) is 89.1 cm³/mol. The molecule has 0 radical (unpaired) electrons. The van der Waals surface area contributed by atoms with E-state index in [4.69, 9.17) is 14.6 Å². The molecule has 2 unspecified atom stereocenters. The van der Waals surface area contributed by atoms with Gasteiger partial charge in [-0.15, -0.1) is 0 Å². The van der Waals surface area contributed by atoms with Crippen LogP contribution >= 0.6 is 0 Å². The normalized spacial score (nSPS) is 20.2. The fourth-order valence-electron chi connectivity index (χ4n) is 3.09. The standard InChI is InChI=1S/C18H25NO5/c1-3-24-16-9-12(7-8-15(16)23-2)11-19-17(20)13-5-4-6-14(10-13)18(21)22/h7-9,13-14H,3-6,10-11H2,1-2H3,(H,19,20)(H,21,22). The average molecular weight is 335 g/mol. The molecule has 1 aromatic carbocycles. The van der Waals surface area contributed by atoms with Crippen molar-refractivity contribution in [2.75, 3.05) is 13.7 Å². The van der Waals surface area contributed by atoms with Crippen molar-refractivity contribution in [3.05, 3.63) is 23.8 Å². The van der Waals surface area contributed by atoms with Gasteiger partial charge in [0.05, 0.1) is 19.6 Å². The molecule has 6 nitrogen and oxygen atoms in total. The molecule has 2 rings (SSSR count). The summed E-state index contributed by atoms with van der Waals surface area (Å²) in [6.45, 7) is 2.82. The molecule has 0 aliphatic heterocycles. The number of carbonyl (C=O) groups is 2. The van der Waals surface area contributed by atoms with E-state index >= 15 is 0 Å². The summed E-state index contributed by atoms with van der Waals surface area (Å²) in [4.78, 5) is 23.4. The number of hydrogen-bond acceptors (Lipinski definition) is 4. The molecule has 1 aliphatic carbocycles. The van der Waals surface area contributed by atoms with Crippen LogP contribution in [0.15, 0.2) is 18.2 Å². The fourth-order valence-corrected chi connectivity index (χ4v) is 3.09. The van der Waals surface area contributed by atoms with Crippen molar-refractivity contribution in [1.82, 2.24) is 5.32 Å². The maximum atomic E-state index is 12.3. The molecule has 2 N–H and O–H groups in total. The van der Waals surface area contributed by atoms with E-state index in [1.807, 2.05) is 25.1 Å². The Morgan fingerprint density at radius 3 is 2.67 bits per heavy atom. The maximum Gasteiger partial charge on any atom is 0.306 e. The molecule has 132 valence electrons. The number of rotatable bonds is 7. The van der Waals surface area contributed by atoms with Crippen LogP contribution in [0.25, 0.3) is 0 Å². The molecule has 1 fully saturated rings. The van der Waals surface area contributed by atoms with E-state index in [9.17, 15) is 9.59 Å².